The van der Waals surface area contributed by atoms with Gasteiger partial charge in [0.2, 0.25) is 5.88 Å². The number of ether oxygens (including phenoxy) is 1. The lowest BCUT2D eigenvalue weighted by atomic mass is 10.0. The van der Waals surface area contributed by atoms with E-state index in [1.165, 1.54) is 5.56 Å². The fourth-order valence-corrected chi connectivity index (χ4v) is 1.89. The van der Waals surface area contributed by atoms with Gasteiger partial charge in [0, 0.05) is 6.07 Å². The second-order valence-electron chi connectivity index (χ2n) is 4.11. The van der Waals surface area contributed by atoms with E-state index in [0.29, 0.717) is 11.9 Å². The molecule has 2 rings (SSSR count). The molecule has 94 valence electrons. The Morgan fingerprint density at radius 1 is 1.17 bits per heavy atom. The topological polar surface area (TPSA) is 34.1 Å². The normalized spacial score (nSPS) is 11.9. The third kappa shape index (κ3) is 3.00. The number of rotatable bonds is 5. The van der Waals surface area contributed by atoms with Crippen molar-refractivity contribution in [3.05, 3.63) is 54.2 Å². The highest BCUT2D eigenvalue weighted by atomic mass is 16.5. The molecule has 0 saturated heterocycles. The zero-order valence-electron chi connectivity index (χ0n) is 10.8. The lowest BCUT2D eigenvalue weighted by molar-refractivity contribution is 0.398. The van der Waals surface area contributed by atoms with Gasteiger partial charge in [-0.15, -0.1) is 0 Å². The molecule has 3 nitrogen and oxygen atoms in total. The van der Waals surface area contributed by atoms with Gasteiger partial charge in [0.05, 0.1) is 25.0 Å². The quantitative estimate of drug-likeness (QED) is 0.869. The number of benzene rings is 1. The molecular weight excluding hydrogens is 224 g/mol. The maximum atomic E-state index is 5.05. The molecule has 0 aliphatic rings. The van der Waals surface area contributed by atoms with E-state index in [4.69, 9.17) is 4.74 Å². The Morgan fingerprint density at radius 2 is 1.94 bits per heavy atom. The summed E-state index contributed by atoms with van der Waals surface area (Å²) in [7, 11) is 1.62. The van der Waals surface area contributed by atoms with E-state index < -0.39 is 0 Å². The minimum absolute atomic E-state index is 0.307. The summed E-state index contributed by atoms with van der Waals surface area (Å²) in [5.74, 6) is 0.633. The van der Waals surface area contributed by atoms with Crippen molar-refractivity contribution in [3.8, 4) is 5.88 Å². The van der Waals surface area contributed by atoms with Crippen molar-refractivity contribution < 1.29 is 4.74 Å². The molecule has 1 heterocycles. The summed E-state index contributed by atoms with van der Waals surface area (Å²) in [5, 5.41) is 3.48. The Balaban J connectivity index is 2.10. The summed E-state index contributed by atoms with van der Waals surface area (Å²) in [6.45, 7) is 2.17. The Hall–Kier alpha value is -2.03. The lowest BCUT2D eigenvalue weighted by Crippen LogP contribution is -2.09. The van der Waals surface area contributed by atoms with Crippen LogP contribution >= 0.6 is 0 Å². The molecule has 1 aromatic heterocycles. The standard InChI is InChI=1S/C15H18N2O/c1-3-14(12-7-5-4-6-8-12)17-13-9-10-15(18-2)16-11-13/h4-11,14,17H,3H2,1-2H3. The second-order valence-corrected chi connectivity index (χ2v) is 4.11. The molecule has 1 atom stereocenters. The first-order valence-corrected chi connectivity index (χ1v) is 6.15. The number of nitrogens with zero attached hydrogens (tertiary/aromatic N) is 1. The van der Waals surface area contributed by atoms with Crippen molar-refractivity contribution in [3.63, 3.8) is 0 Å². The maximum absolute atomic E-state index is 5.05. The summed E-state index contributed by atoms with van der Waals surface area (Å²) in [6, 6.07) is 14.6. The molecular formula is C15H18N2O. The SMILES string of the molecule is CCC(Nc1ccc(OC)nc1)c1ccccc1. The lowest BCUT2D eigenvalue weighted by Gasteiger charge is -2.18. The largest absolute Gasteiger partial charge is 0.481 e. The zero-order chi connectivity index (χ0) is 12.8. The first-order chi connectivity index (χ1) is 8.83. The average molecular weight is 242 g/mol. The van der Waals surface area contributed by atoms with Crippen molar-refractivity contribution >= 4 is 5.69 Å². The summed E-state index contributed by atoms with van der Waals surface area (Å²) < 4.78 is 5.05. The molecule has 0 aliphatic carbocycles. The van der Waals surface area contributed by atoms with Gasteiger partial charge in [0.1, 0.15) is 0 Å². The van der Waals surface area contributed by atoms with Crippen molar-refractivity contribution in [2.45, 2.75) is 19.4 Å². The van der Waals surface area contributed by atoms with Gasteiger partial charge in [-0.2, -0.15) is 0 Å². The van der Waals surface area contributed by atoms with Crippen molar-refractivity contribution in [1.82, 2.24) is 4.98 Å². The van der Waals surface area contributed by atoms with E-state index in [9.17, 15) is 0 Å². The van der Waals surface area contributed by atoms with Crippen LogP contribution in [-0.2, 0) is 0 Å². The predicted molar refractivity (Wildman–Crippen MR) is 73.9 cm³/mol. The third-order valence-electron chi connectivity index (χ3n) is 2.90. The van der Waals surface area contributed by atoms with Crippen molar-refractivity contribution in [2.24, 2.45) is 0 Å². The van der Waals surface area contributed by atoms with E-state index in [1.54, 1.807) is 13.3 Å². The summed E-state index contributed by atoms with van der Waals surface area (Å²) in [5.41, 5.74) is 2.29. The highest BCUT2D eigenvalue weighted by Crippen LogP contribution is 2.22. The Morgan fingerprint density at radius 3 is 2.50 bits per heavy atom. The molecule has 2 aromatic rings. The first-order valence-electron chi connectivity index (χ1n) is 6.15. The van der Waals surface area contributed by atoms with E-state index in [2.05, 4.69) is 41.5 Å². The predicted octanol–water partition coefficient (Wildman–Crippen LogP) is 3.65. The van der Waals surface area contributed by atoms with Crippen LogP contribution in [0.15, 0.2) is 48.7 Å². The number of nitrogens with one attached hydrogen (secondary N) is 1. The summed E-state index contributed by atoms with van der Waals surface area (Å²) in [6.07, 6.45) is 2.82. The number of hydrogen-bond donors (Lipinski definition) is 1. The molecule has 1 unspecified atom stereocenters. The van der Waals surface area contributed by atoms with Crippen molar-refractivity contribution in [1.29, 1.82) is 0 Å². The highest BCUT2D eigenvalue weighted by Gasteiger charge is 2.08. The van der Waals surface area contributed by atoms with Crippen LogP contribution in [0.25, 0.3) is 0 Å². The second kappa shape index (κ2) is 6.05. The molecule has 1 aromatic carbocycles. The van der Waals surface area contributed by atoms with Crippen LogP contribution in [0.2, 0.25) is 0 Å². The smallest absolute Gasteiger partial charge is 0.213 e. The molecule has 0 amide bonds. The fourth-order valence-electron chi connectivity index (χ4n) is 1.89. The number of pyridine rings is 1. The monoisotopic (exact) mass is 242 g/mol. The van der Waals surface area contributed by atoms with Gasteiger partial charge in [0.15, 0.2) is 0 Å². The van der Waals surface area contributed by atoms with Gasteiger partial charge in [-0.3, -0.25) is 0 Å². The van der Waals surface area contributed by atoms with Crippen LogP contribution in [0.4, 0.5) is 5.69 Å². The molecule has 0 spiro atoms. The first kappa shape index (κ1) is 12.4. The number of methoxy groups -OCH3 is 1. The van der Waals surface area contributed by atoms with Gasteiger partial charge in [-0.25, -0.2) is 4.98 Å². The van der Waals surface area contributed by atoms with Crippen molar-refractivity contribution in [2.75, 3.05) is 12.4 Å². The van der Waals surface area contributed by atoms with E-state index >= 15 is 0 Å². The van der Waals surface area contributed by atoms with Crippen LogP contribution in [0.5, 0.6) is 5.88 Å². The molecule has 0 bridgehead atoms. The molecule has 0 radical (unpaired) electrons. The highest BCUT2D eigenvalue weighted by molar-refractivity contribution is 5.44. The molecule has 0 fully saturated rings. The Bertz CT molecular complexity index is 468. The number of hydrogen-bond acceptors (Lipinski definition) is 3. The molecule has 1 N–H and O–H groups in total. The number of anilines is 1. The summed E-state index contributed by atoms with van der Waals surface area (Å²) >= 11 is 0. The van der Waals surface area contributed by atoms with Crippen LogP contribution < -0.4 is 10.1 Å². The van der Waals surface area contributed by atoms with Crippen LogP contribution in [0.1, 0.15) is 24.9 Å². The van der Waals surface area contributed by atoms with Gasteiger partial charge in [-0.05, 0) is 18.1 Å². The van der Waals surface area contributed by atoms with Gasteiger partial charge < -0.3 is 10.1 Å². The van der Waals surface area contributed by atoms with Crippen LogP contribution in [0, 0.1) is 0 Å². The Kier molecular flexibility index (Phi) is 4.18. The minimum Gasteiger partial charge on any atom is -0.481 e. The molecule has 0 aliphatic heterocycles. The Labute approximate surface area is 108 Å². The van der Waals surface area contributed by atoms with Crippen LogP contribution in [0.3, 0.4) is 0 Å². The zero-order valence-corrected chi connectivity index (χ0v) is 10.8. The summed E-state index contributed by atoms with van der Waals surface area (Å²) in [4.78, 5) is 4.19. The fraction of sp³-hybridized carbons (Fsp3) is 0.267. The third-order valence-corrected chi connectivity index (χ3v) is 2.90. The van der Waals surface area contributed by atoms with E-state index in [-0.39, 0.29) is 0 Å². The van der Waals surface area contributed by atoms with Gasteiger partial charge in [-0.1, -0.05) is 37.3 Å². The molecule has 18 heavy (non-hydrogen) atoms. The van der Waals surface area contributed by atoms with Crippen LogP contribution in [-0.4, -0.2) is 12.1 Å². The number of aromatic nitrogens is 1. The molecule has 0 saturated carbocycles. The average Bonchev–Trinajstić information content (AvgIpc) is 2.46. The van der Waals surface area contributed by atoms with E-state index in [1.807, 2.05) is 18.2 Å². The van der Waals surface area contributed by atoms with Gasteiger partial charge in [0.25, 0.3) is 0 Å². The minimum atomic E-state index is 0.307. The van der Waals surface area contributed by atoms with E-state index in [0.717, 1.165) is 12.1 Å². The molecule has 3 heteroatoms. The maximum Gasteiger partial charge on any atom is 0.213 e. The van der Waals surface area contributed by atoms with Gasteiger partial charge >= 0.3 is 0 Å².